The molecule has 0 bridgehead atoms. The number of benzene rings is 1. The SMILES string of the molecule is COc1ccc(C2c3ccsc3CCN2C(=O)CN(C(=O)CC(C)(C)C)C(C)C)cc1. The number of hydrogen-bond acceptors (Lipinski definition) is 4. The number of ether oxygens (including phenoxy) is 1. The third kappa shape index (κ3) is 5.48. The number of hydrogen-bond donors (Lipinski definition) is 0. The fourth-order valence-corrected chi connectivity index (χ4v) is 4.99. The third-order valence-corrected chi connectivity index (χ3v) is 6.65. The Labute approximate surface area is 190 Å². The van der Waals surface area contributed by atoms with Crippen LogP contribution in [0.5, 0.6) is 5.75 Å². The van der Waals surface area contributed by atoms with Gasteiger partial charge in [-0.25, -0.2) is 0 Å². The van der Waals surface area contributed by atoms with E-state index < -0.39 is 0 Å². The van der Waals surface area contributed by atoms with Crippen molar-refractivity contribution in [1.29, 1.82) is 0 Å². The van der Waals surface area contributed by atoms with Crippen LogP contribution >= 0.6 is 11.3 Å². The summed E-state index contributed by atoms with van der Waals surface area (Å²) in [5.74, 6) is 0.820. The van der Waals surface area contributed by atoms with Crippen molar-refractivity contribution in [3.8, 4) is 5.75 Å². The summed E-state index contributed by atoms with van der Waals surface area (Å²) in [7, 11) is 1.65. The van der Waals surface area contributed by atoms with Crippen molar-refractivity contribution < 1.29 is 14.3 Å². The Hall–Kier alpha value is -2.34. The smallest absolute Gasteiger partial charge is 0.243 e. The Morgan fingerprint density at radius 1 is 1.19 bits per heavy atom. The van der Waals surface area contributed by atoms with Gasteiger partial charge in [-0.15, -0.1) is 11.3 Å². The normalized spacial score (nSPS) is 16.2. The van der Waals surface area contributed by atoms with Crippen LogP contribution in [0.3, 0.4) is 0 Å². The predicted molar refractivity (Wildman–Crippen MR) is 125 cm³/mol. The molecule has 0 fully saturated rings. The van der Waals surface area contributed by atoms with Crippen molar-refractivity contribution in [2.75, 3.05) is 20.2 Å². The lowest BCUT2D eigenvalue weighted by molar-refractivity contribution is -0.144. The summed E-state index contributed by atoms with van der Waals surface area (Å²) in [5.41, 5.74) is 2.13. The van der Waals surface area contributed by atoms with Crippen LogP contribution in [0, 0.1) is 5.41 Å². The Morgan fingerprint density at radius 3 is 2.45 bits per heavy atom. The van der Waals surface area contributed by atoms with E-state index in [1.54, 1.807) is 23.3 Å². The van der Waals surface area contributed by atoms with E-state index in [0.29, 0.717) is 13.0 Å². The molecule has 1 aliphatic heterocycles. The summed E-state index contributed by atoms with van der Waals surface area (Å²) in [6.45, 7) is 10.9. The Kier molecular flexibility index (Phi) is 7.10. The molecule has 1 atom stereocenters. The van der Waals surface area contributed by atoms with E-state index in [-0.39, 0.29) is 35.9 Å². The van der Waals surface area contributed by atoms with Gasteiger partial charge in [0.05, 0.1) is 13.2 Å². The van der Waals surface area contributed by atoms with Crippen molar-refractivity contribution in [1.82, 2.24) is 9.80 Å². The summed E-state index contributed by atoms with van der Waals surface area (Å²) in [6.07, 6.45) is 1.28. The maximum absolute atomic E-state index is 13.5. The Bertz CT molecular complexity index is 912. The molecule has 5 nitrogen and oxygen atoms in total. The van der Waals surface area contributed by atoms with Crippen LogP contribution in [0.2, 0.25) is 0 Å². The molecule has 0 N–H and O–H groups in total. The second-order valence-corrected chi connectivity index (χ2v) is 10.7. The second-order valence-electron chi connectivity index (χ2n) is 9.66. The van der Waals surface area contributed by atoms with Crippen LogP contribution in [0.15, 0.2) is 35.7 Å². The first-order valence-electron chi connectivity index (χ1n) is 10.9. The summed E-state index contributed by atoms with van der Waals surface area (Å²) in [5, 5.41) is 2.10. The van der Waals surface area contributed by atoms with E-state index in [1.807, 2.05) is 63.8 Å². The average Bonchev–Trinajstić information content (AvgIpc) is 3.18. The fraction of sp³-hybridized carbons (Fsp3) is 0.520. The highest BCUT2D eigenvalue weighted by molar-refractivity contribution is 7.10. The zero-order valence-corrected chi connectivity index (χ0v) is 20.3. The van der Waals surface area contributed by atoms with E-state index in [0.717, 1.165) is 17.7 Å². The van der Waals surface area contributed by atoms with E-state index in [9.17, 15) is 9.59 Å². The Balaban J connectivity index is 1.87. The lowest BCUT2D eigenvalue weighted by atomic mass is 9.91. The number of nitrogens with zero attached hydrogens (tertiary/aromatic N) is 2. The minimum absolute atomic E-state index is 0.00590. The van der Waals surface area contributed by atoms with E-state index in [1.165, 1.54) is 10.4 Å². The van der Waals surface area contributed by atoms with Crippen molar-refractivity contribution >= 4 is 23.2 Å². The van der Waals surface area contributed by atoms with Gasteiger partial charge in [-0.3, -0.25) is 9.59 Å². The summed E-state index contributed by atoms with van der Waals surface area (Å²) in [4.78, 5) is 31.5. The number of amides is 2. The molecular weight excluding hydrogens is 408 g/mol. The van der Waals surface area contributed by atoms with Crippen LogP contribution in [0.1, 0.15) is 63.1 Å². The van der Waals surface area contributed by atoms with Crippen LogP contribution in [0.4, 0.5) is 0 Å². The first kappa shape index (κ1) is 23.3. The van der Waals surface area contributed by atoms with Crippen LogP contribution in [-0.2, 0) is 16.0 Å². The largest absolute Gasteiger partial charge is 0.497 e. The summed E-state index contributed by atoms with van der Waals surface area (Å²) in [6, 6.07) is 9.89. The molecule has 1 aliphatic rings. The molecule has 3 rings (SSSR count). The third-order valence-electron chi connectivity index (χ3n) is 5.65. The lowest BCUT2D eigenvalue weighted by Gasteiger charge is -2.38. The van der Waals surface area contributed by atoms with Crippen LogP contribution in [0.25, 0.3) is 0 Å². The highest BCUT2D eigenvalue weighted by Gasteiger charge is 2.34. The van der Waals surface area contributed by atoms with Crippen LogP contribution in [-0.4, -0.2) is 47.9 Å². The first-order chi connectivity index (χ1) is 14.6. The fourth-order valence-electron chi connectivity index (χ4n) is 4.08. The molecule has 2 aromatic rings. The zero-order valence-electron chi connectivity index (χ0n) is 19.5. The van der Waals surface area contributed by atoms with Crippen molar-refractivity contribution in [2.45, 2.75) is 59.5 Å². The monoisotopic (exact) mass is 442 g/mol. The molecule has 2 heterocycles. The first-order valence-corrected chi connectivity index (χ1v) is 11.8. The van der Waals surface area contributed by atoms with Gasteiger partial charge in [0.1, 0.15) is 12.3 Å². The van der Waals surface area contributed by atoms with Crippen LogP contribution < -0.4 is 4.74 Å². The molecular formula is C25H34N2O3S. The quantitative estimate of drug-likeness (QED) is 0.639. The molecule has 2 amide bonds. The number of carbonyl (C=O) groups is 2. The van der Waals surface area contributed by atoms with E-state index >= 15 is 0 Å². The number of thiophene rings is 1. The standard InChI is InChI=1S/C25H34N2O3S/c1-17(2)27(22(28)15-25(3,4)5)16-23(29)26-13-11-21-20(12-14-31-21)24(26)18-7-9-19(30-6)10-8-18/h7-10,12,14,17,24H,11,13,15-16H2,1-6H3. The molecule has 1 aromatic carbocycles. The molecule has 31 heavy (non-hydrogen) atoms. The van der Waals surface area contributed by atoms with E-state index in [2.05, 4.69) is 11.4 Å². The topological polar surface area (TPSA) is 49.9 Å². The molecule has 0 aliphatic carbocycles. The second kappa shape index (κ2) is 9.43. The number of rotatable bonds is 6. The Morgan fingerprint density at radius 2 is 1.87 bits per heavy atom. The molecule has 6 heteroatoms. The van der Waals surface area contributed by atoms with Gasteiger partial charge in [-0.2, -0.15) is 0 Å². The van der Waals surface area contributed by atoms with Crippen molar-refractivity contribution in [3.63, 3.8) is 0 Å². The molecule has 0 radical (unpaired) electrons. The van der Waals surface area contributed by atoms with Gasteiger partial charge >= 0.3 is 0 Å². The summed E-state index contributed by atoms with van der Waals surface area (Å²) < 4.78 is 5.31. The van der Waals surface area contributed by atoms with Gasteiger partial charge in [0.25, 0.3) is 0 Å². The highest BCUT2D eigenvalue weighted by atomic mass is 32.1. The van der Waals surface area contributed by atoms with Gasteiger partial charge in [-0.05, 0) is 60.4 Å². The van der Waals surface area contributed by atoms with Gasteiger partial charge in [0.2, 0.25) is 11.8 Å². The summed E-state index contributed by atoms with van der Waals surface area (Å²) >= 11 is 1.75. The molecule has 1 aromatic heterocycles. The predicted octanol–water partition coefficient (Wildman–Crippen LogP) is 4.90. The molecule has 168 valence electrons. The van der Waals surface area contributed by atoms with Crippen molar-refractivity contribution in [2.24, 2.45) is 5.41 Å². The number of carbonyl (C=O) groups excluding carboxylic acids is 2. The zero-order chi connectivity index (χ0) is 22.8. The lowest BCUT2D eigenvalue weighted by Crippen LogP contribution is -2.49. The van der Waals surface area contributed by atoms with Gasteiger partial charge in [0.15, 0.2) is 0 Å². The molecule has 0 spiro atoms. The van der Waals surface area contributed by atoms with E-state index in [4.69, 9.17) is 4.74 Å². The van der Waals surface area contributed by atoms with Gasteiger partial charge < -0.3 is 14.5 Å². The highest BCUT2D eigenvalue weighted by Crippen LogP contribution is 2.38. The molecule has 0 saturated carbocycles. The average molecular weight is 443 g/mol. The van der Waals surface area contributed by atoms with Crippen molar-refractivity contribution in [3.05, 3.63) is 51.7 Å². The van der Waals surface area contributed by atoms with Gasteiger partial charge in [0, 0.05) is 23.9 Å². The number of fused-ring (bicyclic) bond motifs is 1. The number of methoxy groups -OCH3 is 1. The minimum Gasteiger partial charge on any atom is -0.497 e. The molecule has 0 saturated heterocycles. The maximum Gasteiger partial charge on any atom is 0.243 e. The maximum atomic E-state index is 13.5. The minimum atomic E-state index is -0.139. The molecule has 1 unspecified atom stereocenters. The van der Waals surface area contributed by atoms with Gasteiger partial charge in [-0.1, -0.05) is 32.9 Å².